The van der Waals surface area contributed by atoms with Crippen LogP contribution in [-0.4, -0.2) is 77.3 Å². The maximum absolute atomic E-state index is 13.4. The Morgan fingerprint density at radius 1 is 1.03 bits per heavy atom. The van der Waals surface area contributed by atoms with E-state index >= 15 is 0 Å². The average molecular weight is 438 g/mol. The number of urea groups is 1. The van der Waals surface area contributed by atoms with E-state index in [1.807, 2.05) is 0 Å². The molecular weight excluding hydrogens is 413 g/mol. The largest absolute Gasteiger partial charge is 0.435 e. The zero-order valence-corrected chi connectivity index (χ0v) is 17.2. The van der Waals surface area contributed by atoms with Gasteiger partial charge in [-0.25, -0.2) is 9.48 Å². The first-order chi connectivity index (χ1) is 14.8. The van der Waals surface area contributed by atoms with E-state index in [2.05, 4.69) is 27.6 Å². The van der Waals surface area contributed by atoms with Gasteiger partial charge < -0.3 is 20.4 Å². The van der Waals surface area contributed by atoms with Gasteiger partial charge in [-0.2, -0.15) is 18.3 Å². The molecule has 1 aliphatic rings. The first-order valence-electron chi connectivity index (χ1n) is 10.0. The predicted molar refractivity (Wildman–Crippen MR) is 108 cm³/mol. The lowest BCUT2D eigenvalue weighted by Gasteiger charge is -2.34. The van der Waals surface area contributed by atoms with Crippen molar-refractivity contribution >= 4 is 11.9 Å². The molecular formula is C20H25F3N6O2. The Morgan fingerprint density at radius 2 is 1.68 bits per heavy atom. The molecule has 11 heteroatoms. The summed E-state index contributed by atoms with van der Waals surface area (Å²) >= 11 is 0. The summed E-state index contributed by atoms with van der Waals surface area (Å²) in [6.07, 6.45) is -3.72. The Kier molecular flexibility index (Phi) is 7.16. The number of nitrogens with zero attached hydrogens (tertiary/aromatic N) is 4. The normalized spacial score (nSPS) is 15.0. The van der Waals surface area contributed by atoms with Crippen LogP contribution in [0.1, 0.15) is 23.0 Å². The number of nitrogens with one attached hydrogen (secondary N) is 2. The minimum absolute atomic E-state index is 0.00663. The first-order valence-corrected chi connectivity index (χ1v) is 10.0. The molecule has 2 heterocycles. The molecule has 0 spiro atoms. The number of piperazine rings is 1. The van der Waals surface area contributed by atoms with Gasteiger partial charge >= 0.3 is 12.2 Å². The highest BCUT2D eigenvalue weighted by Crippen LogP contribution is 2.31. The van der Waals surface area contributed by atoms with E-state index in [4.69, 9.17) is 0 Å². The zero-order valence-electron chi connectivity index (χ0n) is 17.2. The third-order valence-corrected chi connectivity index (χ3v) is 5.04. The van der Waals surface area contributed by atoms with Gasteiger partial charge in [0.15, 0.2) is 5.69 Å². The SMILES string of the molecule is CCN1CCN(C(=O)NCCNC(=O)c2cn(-c3ccccc3)nc2C(F)(F)F)CC1. The molecule has 1 fully saturated rings. The molecule has 1 aromatic carbocycles. The highest BCUT2D eigenvalue weighted by atomic mass is 19.4. The van der Waals surface area contributed by atoms with E-state index < -0.39 is 23.3 Å². The molecule has 1 aromatic heterocycles. The van der Waals surface area contributed by atoms with Gasteiger partial charge in [0.05, 0.1) is 11.3 Å². The number of hydrogen-bond acceptors (Lipinski definition) is 4. The second kappa shape index (κ2) is 9.82. The molecule has 2 aromatic rings. The van der Waals surface area contributed by atoms with Crippen LogP contribution >= 0.6 is 0 Å². The van der Waals surface area contributed by atoms with Gasteiger partial charge in [0, 0.05) is 45.5 Å². The number of amides is 3. The second-order valence-corrected chi connectivity index (χ2v) is 7.08. The quantitative estimate of drug-likeness (QED) is 0.676. The molecule has 31 heavy (non-hydrogen) atoms. The first kappa shape index (κ1) is 22.6. The summed E-state index contributed by atoms with van der Waals surface area (Å²) < 4.78 is 41.1. The van der Waals surface area contributed by atoms with Crippen molar-refractivity contribution in [2.75, 3.05) is 45.8 Å². The summed E-state index contributed by atoms with van der Waals surface area (Å²) in [5, 5.41) is 8.65. The number of benzene rings is 1. The number of hydrogen-bond donors (Lipinski definition) is 2. The Morgan fingerprint density at radius 3 is 2.29 bits per heavy atom. The number of carbonyl (C=O) groups is 2. The second-order valence-electron chi connectivity index (χ2n) is 7.08. The van der Waals surface area contributed by atoms with Crippen molar-refractivity contribution in [1.82, 2.24) is 30.2 Å². The van der Waals surface area contributed by atoms with Crippen LogP contribution in [0.4, 0.5) is 18.0 Å². The fourth-order valence-corrected chi connectivity index (χ4v) is 3.28. The summed E-state index contributed by atoms with van der Waals surface area (Å²) in [5.74, 6) is -0.902. The molecule has 1 saturated heterocycles. The number of aromatic nitrogens is 2. The van der Waals surface area contributed by atoms with Crippen molar-refractivity contribution in [3.63, 3.8) is 0 Å². The van der Waals surface area contributed by atoms with Crippen molar-refractivity contribution in [3.8, 4) is 5.69 Å². The molecule has 2 N–H and O–H groups in total. The van der Waals surface area contributed by atoms with Crippen LogP contribution in [0.2, 0.25) is 0 Å². The molecule has 0 aliphatic carbocycles. The van der Waals surface area contributed by atoms with Crippen LogP contribution in [0.5, 0.6) is 0 Å². The fraction of sp³-hybridized carbons (Fsp3) is 0.450. The fourth-order valence-electron chi connectivity index (χ4n) is 3.28. The number of carbonyl (C=O) groups excluding carboxylic acids is 2. The number of halogens is 3. The Bertz CT molecular complexity index is 892. The summed E-state index contributed by atoms with van der Waals surface area (Å²) in [6.45, 7) is 5.91. The van der Waals surface area contributed by atoms with Gasteiger partial charge in [0.1, 0.15) is 0 Å². The number of alkyl halides is 3. The highest BCUT2D eigenvalue weighted by Gasteiger charge is 2.39. The van der Waals surface area contributed by atoms with Crippen LogP contribution in [0.3, 0.4) is 0 Å². The maximum atomic E-state index is 13.4. The maximum Gasteiger partial charge on any atom is 0.435 e. The molecule has 0 unspecified atom stereocenters. The lowest BCUT2D eigenvalue weighted by molar-refractivity contribution is -0.141. The lowest BCUT2D eigenvalue weighted by Crippen LogP contribution is -2.52. The van der Waals surface area contributed by atoms with Gasteiger partial charge in [0.2, 0.25) is 0 Å². The molecule has 8 nitrogen and oxygen atoms in total. The molecule has 3 amide bonds. The van der Waals surface area contributed by atoms with Gasteiger partial charge in [-0.05, 0) is 18.7 Å². The Balaban J connectivity index is 1.55. The monoisotopic (exact) mass is 438 g/mol. The standard InChI is InChI=1S/C20H25F3N6O2/c1-2-27-10-12-28(13-11-27)19(31)25-9-8-24-18(30)16-14-29(15-6-4-3-5-7-15)26-17(16)20(21,22)23/h3-7,14H,2,8-13H2,1H3,(H,24,30)(H,25,31). The number of likely N-dealkylation sites (N-methyl/N-ethyl adjacent to an activating group) is 1. The minimum Gasteiger partial charge on any atom is -0.350 e. The van der Waals surface area contributed by atoms with E-state index in [1.165, 1.54) is 0 Å². The van der Waals surface area contributed by atoms with Crippen molar-refractivity contribution < 1.29 is 22.8 Å². The topological polar surface area (TPSA) is 82.5 Å². The van der Waals surface area contributed by atoms with E-state index in [0.29, 0.717) is 18.8 Å². The molecule has 0 bridgehead atoms. The van der Waals surface area contributed by atoms with Crippen LogP contribution in [-0.2, 0) is 6.18 Å². The molecule has 1 aliphatic heterocycles. The van der Waals surface area contributed by atoms with Crippen LogP contribution in [0.25, 0.3) is 5.69 Å². The van der Waals surface area contributed by atoms with Crippen LogP contribution in [0, 0.1) is 0 Å². The van der Waals surface area contributed by atoms with Crippen LogP contribution < -0.4 is 10.6 Å². The predicted octanol–water partition coefficient (Wildman–Crippen LogP) is 1.97. The molecule has 168 valence electrons. The van der Waals surface area contributed by atoms with Crippen molar-refractivity contribution in [2.45, 2.75) is 13.1 Å². The van der Waals surface area contributed by atoms with Crippen molar-refractivity contribution in [3.05, 3.63) is 47.8 Å². The third kappa shape index (κ3) is 5.75. The van der Waals surface area contributed by atoms with Gasteiger partial charge in [0.25, 0.3) is 5.91 Å². The lowest BCUT2D eigenvalue weighted by atomic mass is 10.2. The molecule has 0 saturated carbocycles. The van der Waals surface area contributed by atoms with Crippen molar-refractivity contribution in [1.29, 1.82) is 0 Å². The number of para-hydroxylation sites is 1. The minimum atomic E-state index is -4.78. The molecule has 3 rings (SSSR count). The Labute approximate surface area is 178 Å². The zero-order chi connectivity index (χ0) is 22.4. The summed E-state index contributed by atoms with van der Waals surface area (Å²) in [5.41, 5.74) is -1.42. The van der Waals surface area contributed by atoms with Crippen molar-refractivity contribution in [2.24, 2.45) is 0 Å². The average Bonchev–Trinajstić information content (AvgIpc) is 3.23. The van der Waals surface area contributed by atoms with Gasteiger partial charge in [-0.15, -0.1) is 0 Å². The smallest absolute Gasteiger partial charge is 0.350 e. The van der Waals surface area contributed by atoms with E-state index in [-0.39, 0.29) is 19.1 Å². The summed E-state index contributed by atoms with van der Waals surface area (Å²) in [7, 11) is 0. The van der Waals surface area contributed by atoms with Crippen LogP contribution in [0.15, 0.2) is 36.5 Å². The summed E-state index contributed by atoms with van der Waals surface area (Å²) in [6, 6.07) is 7.97. The van der Waals surface area contributed by atoms with Gasteiger partial charge in [-0.3, -0.25) is 4.79 Å². The Hall–Kier alpha value is -3.08. The van der Waals surface area contributed by atoms with E-state index in [1.54, 1.807) is 35.2 Å². The summed E-state index contributed by atoms with van der Waals surface area (Å²) in [4.78, 5) is 28.5. The highest BCUT2D eigenvalue weighted by molar-refractivity contribution is 5.95. The van der Waals surface area contributed by atoms with E-state index in [9.17, 15) is 22.8 Å². The van der Waals surface area contributed by atoms with E-state index in [0.717, 1.165) is 30.5 Å². The number of rotatable bonds is 6. The van der Waals surface area contributed by atoms with Gasteiger partial charge in [-0.1, -0.05) is 25.1 Å². The molecule has 0 radical (unpaired) electrons. The molecule has 0 atom stereocenters. The third-order valence-electron chi connectivity index (χ3n) is 5.04.